The summed E-state index contributed by atoms with van der Waals surface area (Å²) in [5, 5.41) is 0.223. The van der Waals surface area contributed by atoms with Crippen LogP contribution < -0.4 is 0 Å². The molecule has 274 valence electrons. The first-order valence-corrected chi connectivity index (χ1v) is 23.2. The molecule has 3 unspecified atom stereocenters. The number of nitrogens with zero attached hydrogens (tertiary/aromatic N) is 1. The monoisotopic (exact) mass is 666 g/mol. The minimum atomic E-state index is -1.87. The number of hydrogen-bond acceptors (Lipinski definition) is 4. The molecule has 0 aromatic heterocycles. The van der Waals surface area contributed by atoms with E-state index in [0.717, 1.165) is 38.9 Å². The predicted molar refractivity (Wildman–Crippen MR) is 205 cm³/mol. The normalized spacial score (nSPS) is 18.5. The first-order valence-electron chi connectivity index (χ1n) is 20.3. The van der Waals surface area contributed by atoms with E-state index in [1.54, 1.807) is 0 Å². The van der Waals surface area contributed by atoms with Crippen molar-refractivity contribution >= 4 is 14.1 Å². The summed E-state index contributed by atoms with van der Waals surface area (Å²) in [7, 11) is -1.87. The molecular weight excluding hydrogens is 583 g/mol. The Kier molecular flexibility index (Phi) is 22.9. The second-order valence-electron chi connectivity index (χ2n) is 17.4. The van der Waals surface area contributed by atoms with Crippen molar-refractivity contribution in [3.8, 4) is 0 Å². The third-order valence-electron chi connectivity index (χ3n) is 10.8. The largest absolute Gasteiger partial charge is 0.413 e. The number of ketones is 1. The first-order chi connectivity index (χ1) is 21.7. The smallest absolute Gasteiger partial charge is 0.192 e. The van der Waals surface area contributed by atoms with Gasteiger partial charge in [0.05, 0.1) is 11.7 Å². The molecule has 0 bridgehead atoms. The van der Waals surface area contributed by atoms with Crippen LogP contribution in [0.5, 0.6) is 0 Å². The van der Waals surface area contributed by atoms with Gasteiger partial charge in [-0.1, -0.05) is 144 Å². The summed E-state index contributed by atoms with van der Waals surface area (Å²) in [5.74, 6) is 1.01. The predicted octanol–water partition coefficient (Wildman–Crippen LogP) is 12.7. The minimum absolute atomic E-state index is 0.194. The van der Waals surface area contributed by atoms with E-state index in [1.807, 2.05) is 0 Å². The van der Waals surface area contributed by atoms with Crippen molar-refractivity contribution in [3.05, 3.63) is 0 Å². The lowest BCUT2D eigenvalue weighted by molar-refractivity contribution is -0.123. The van der Waals surface area contributed by atoms with E-state index in [0.29, 0.717) is 24.2 Å². The standard InChI is InChI=1S/C41H83NO3Si/c1-11-13-15-17-19-21-23-25-29-36(3)34-42(32-28-27-31-39-38(43)33-41(7,8)44-39)35-37(45-46(9,10)40(4,5)6)30-26-24-22-20-18-16-14-12-2/h36-37,39H,11-35H2,1-10H3. The molecule has 0 aliphatic carbocycles. The molecular formula is C41H83NO3Si. The average Bonchev–Trinajstić information content (AvgIpc) is 3.23. The van der Waals surface area contributed by atoms with Gasteiger partial charge in [0.1, 0.15) is 6.10 Å². The zero-order chi connectivity index (χ0) is 34.5. The van der Waals surface area contributed by atoms with E-state index >= 15 is 0 Å². The van der Waals surface area contributed by atoms with E-state index < -0.39 is 8.32 Å². The maximum atomic E-state index is 12.5. The second kappa shape index (κ2) is 24.0. The molecule has 4 nitrogen and oxygen atoms in total. The van der Waals surface area contributed by atoms with Crippen LogP contribution in [0.15, 0.2) is 0 Å². The Balaban J connectivity index is 2.77. The highest BCUT2D eigenvalue weighted by atomic mass is 28.4. The van der Waals surface area contributed by atoms with Crippen LogP contribution in [0, 0.1) is 5.92 Å². The van der Waals surface area contributed by atoms with Gasteiger partial charge in [-0.05, 0) is 76.5 Å². The molecule has 46 heavy (non-hydrogen) atoms. The van der Waals surface area contributed by atoms with Gasteiger partial charge in [0.25, 0.3) is 0 Å². The van der Waals surface area contributed by atoms with Crippen LogP contribution in [0.2, 0.25) is 18.1 Å². The van der Waals surface area contributed by atoms with Gasteiger partial charge in [-0.25, -0.2) is 0 Å². The zero-order valence-corrected chi connectivity index (χ0v) is 34.1. The van der Waals surface area contributed by atoms with Crippen LogP contribution in [0.3, 0.4) is 0 Å². The Hall–Kier alpha value is -0.233. The van der Waals surface area contributed by atoms with Gasteiger partial charge in [-0.2, -0.15) is 0 Å². The first kappa shape index (κ1) is 43.8. The lowest BCUT2D eigenvalue weighted by Crippen LogP contribution is -2.47. The minimum Gasteiger partial charge on any atom is -0.413 e. The molecule has 0 spiro atoms. The molecule has 5 heteroatoms. The zero-order valence-electron chi connectivity index (χ0n) is 33.1. The van der Waals surface area contributed by atoms with E-state index in [-0.39, 0.29) is 16.7 Å². The van der Waals surface area contributed by atoms with Crippen molar-refractivity contribution < 1.29 is 14.0 Å². The Bertz CT molecular complexity index is 761. The van der Waals surface area contributed by atoms with E-state index in [9.17, 15) is 4.79 Å². The summed E-state index contributed by atoms with van der Waals surface area (Å²) in [6, 6.07) is 0. The highest BCUT2D eigenvalue weighted by Gasteiger charge is 2.40. The molecule has 1 rings (SSSR count). The SMILES string of the molecule is CCCCCCCCCCC(C)CN(CCCCC1OC(C)(C)CC1=O)CC(CCCCCCCCCC)O[Si](C)(C)C(C)(C)C. The van der Waals surface area contributed by atoms with Crippen LogP contribution >= 0.6 is 0 Å². The maximum absolute atomic E-state index is 12.5. The van der Waals surface area contributed by atoms with Gasteiger partial charge in [0, 0.05) is 19.5 Å². The number of ether oxygens (including phenoxy) is 1. The summed E-state index contributed by atoms with van der Waals surface area (Å²) in [6.45, 7) is 26.5. The van der Waals surface area contributed by atoms with Crippen molar-refractivity contribution in [1.29, 1.82) is 0 Å². The van der Waals surface area contributed by atoms with Crippen molar-refractivity contribution in [2.45, 2.75) is 233 Å². The molecule has 0 saturated carbocycles. The van der Waals surface area contributed by atoms with Gasteiger partial charge in [0.2, 0.25) is 0 Å². The molecule has 1 aliphatic heterocycles. The van der Waals surface area contributed by atoms with Crippen LogP contribution in [0.4, 0.5) is 0 Å². The summed E-state index contributed by atoms with van der Waals surface area (Å²) in [5.41, 5.74) is -0.289. The number of carbonyl (C=O) groups is 1. The molecule has 0 amide bonds. The highest BCUT2D eigenvalue weighted by molar-refractivity contribution is 6.74. The molecule has 1 heterocycles. The number of rotatable bonds is 29. The molecule has 0 radical (unpaired) electrons. The van der Waals surface area contributed by atoms with Crippen LogP contribution in [-0.4, -0.2) is 56.4 Å². The van der Waals surface area contributed by atoms with Crippen molar-refractivity contribution in [1.82, 2.24) is 4.90 Å². The third-order valence-corrected chi connectivity index (χ3v) is 15.4. The molecule has 1 fully saturated rings. The fourth-order valence-corrected chi connectivity index (χ4v) is 8.28. The molecule has 0 aromatic rings. The number of unbranched alkanes of at least 4 members (excludes halogenated alkanes) is 15. The van der Waals surface area contributed by atoms with Crippen LogP contribution in [0.1, 0.15) is 197 Å². The molecule has 1 aliphatic rings. The summed E-state index contributed by atoms with van der Waals surface area (Å²) in [4.78, 5) is 15.2. The Labute approximate surface area is 290 Å². The Morgan fingerprint density at radius 2 is 1.28 bits per heavy atom. The number of Topliss-reactive ketones (excluding diaryl/α,β-unsaturated/α-hetero) is 1. The fraction of sp³-hybridized carbons (Fsp3) is 0.976. The maximum Gasteiger partial charge on any atom is 0.192 e. The van der Waals surface area contributed by atoms with Gasteiger partial charge < -0.3 is 14.1 Å². The van der Waals surface area contributed by atoms with Gasteiger partial charge in [-0.3, -0.25) is 4.79 Å². The van der Waals surface area contributed by atoms with Crippen LogP contribution in [-0.2, 0) is 14.0 Å². The van der Waals surface area contributed by atoms with Crippen molar-refractivity contribution in [2.24, 2.45) is 5.92 Å². The quantitative estimate of drug-likeness (QED) is 0.0589. The van der Waals surface area contributed by atoms with Crippen LogP contribution in [0.25, 0.3) is 0 Å². The molecule has 0 aromatic carbocycles. The van der Waals surface area contributed by atoms with Crippen molar-refractivity contribution in [3.63, 3.8) is 0 Å². The van der Waals surface area contributed by atoms with Gasteiger partial charge >= 0.3 is 0 Å². The second-order valence-corrected chi connectivity index (χ2v) is 22.2. The summed E-state index contributed by atoms with van der Waals surface area (Å²) < 4.78 is 13.3. The molecule has 3 atom stereocenters. The lowest BCUT2D eigenvalue weighted by Gasteiger charge is -2.41. The molecule has 1 saturated heterocycles. The summed E-state index contributed by atoms with van der Waals surface area (Å²) >= 11 is 0. The van der Waals surface area contributed by atoms with E-state index in [2.05, 4.69) is 73.4 Å². The highest BCUT2D eigenvalue weighted by Crippen LogP contribution is 2.38. The van der Waals surface area contributed by atoms with E-state index in [1.165, 1.54) is 116 Å². The Morgan fingerprint density at radius 1 is 0.783 bits per heavy atom. The number of carbonyl (C=O) groups excluding carboxylic acids is 1. The van der Waals surface area contributed by atoms with Gasteiger partial charge in [-0.15, -0.1) is 0 Å². The third kappa shape index (κ3) is 20.3. The lowest BCUT2D eigenvalue weighted by atomic mass is 10.00. The summed E-state index contributed by atoms with van der Waals surface area (Å²) in [6.07, 6.45) is 28.3. The topological polar surface area (TPSA) is 38.8 Å². The van der Waals surface area contributed by atoms with E-state index in [4.69, 9.17) is 9.16 Å². The Morgan fingerprint density at radius 3 is 1.76 bits per heavy atom. The fourth-order valence-electron chi connectivity index (χ4n) is 6.90. The van der Waals surface area contributed by atoms with Gasteiger partial charge in [0.15, 0.2) is 14.1 Å². The average molecular weight is 666 g/mol. The van der Waals surface area contributed by atoms with Crippen molar-refractivity contribution in [2.75, 3.05) is 19.6 Å². The molecule has 0 N–H and O–H groups in total. The number of hydrogen-bond donors (Lipinski definition) is 0.